The zero-order valence-corrected chi connectivity index (χ0v) is 11.6. The van der Waals surface area contributed by atoms with Crippen molar-refractivity contribution in [3.8, 4) is 5.75 Å². The second-order valence-corrected chi connectivity index (χ2v) is 4.82. The van der Waals surface area contributed by atoms with Gasteiger partial charge in [0.05, 0.1) is 6.61 Å². The molecule has 104 valence electrons. The Kier molecular flexibility index (Phi) is 5.92. The largest absolute Gasteiger partial charge is 0.492 e. The van der Waals surface area contributed by atoms with E-state index in [1.165, 1.54) is 6.42 Å². The zero-order valence-electron chi connectivity index (χ0n) is 11.6. The van der Waals surface area contributed by atoms with Crippen LogP contribution in [0.3, 0.4) is 0 Å². The molecule has 0 amide bonds. The van der Waals surface area contributed by atoms with E-state index in [0.29, 0.717) is 12.5 Å². The molecule has 0 aliphatic carbocycles. The molecule has 1 atom stereocenters. The molecule has 1 fully saturated rings. The van der Waals surface area contributed by atoms with Crippen molar-refractivity contribution in [2.45, 2.75) is 13.3 Å². The van der Waals surface area contributed by atoms with Gasteiger partial charge < -0.3 is 14.8 Å². The van der Waals surface area contributed by atoms with Gasteiger partial charge in [-0.1, -0.05) is 30.4 Å². The van der Waals surface area contributed by atoms with E-state index in [9.17, 15) is 0 Å². The standard InChI is InChI=1S/C16H23NO2/c1-2-5-15-6-3-4-7-16(15)19-11-9-17-12-14-8-10-18-13-14/h2-7,14,17H,8-13H2,1H3. The first-order chi connectivity index (χ1) is 9.40. The number of hydrogen-bond acceptors (Lipinski definition) is 3. The van der Waals surface area contributed by atoms with E-state index >= 15 is 0 Å². The Hall–Kier alpha value is -1.32. The molecule has 3 nitrogen and oxygen atoms in total. The van der Waals surface area contributed by atoms with Crippen LogP contribution in [0, 0.1) is 5.92 Å². The Morgan fingerprint density at radius 3 is 3.11 bits per heavy atom. The van der Waals surface area contributed by atoms with Crippen molar-refractivity contribution in [2.24, 2.45) is 5.92 Å². The summed E-state index contributed by atoms with van der Waals surface area (Å²) in [5, 5.41) is 3.43. The van der Waals surface area contributed by atoms with Crippen LogP contribution in [-0.2, 0) is 4.74 Å². The minimum atomic E-state index is 0.676. The molecule has 19 heavy (non-hydrogen) atoms. The molecule has 1 unspecified atom stereocenters. The number of benzene rings is 1. The van der Waals surface area contributed by atoms with Crippen LogP contribution in [0.25, 0.3) is 6.08 Å². The van der Waals surface area contributed by atoms with Crippen LogP contribution in [0.1, 0.15) is 18.9 Å². The molecule has 1 aliphatic heterocycles. The topological polar surface area (TPSA) is 30.5 Å². The van der Waals surface area contributed by atoms with Crippen LogP contribution >= 0.6 is 0 Å². The van der Waals surface area contributed by atoms with E-state index in [0.717, 1.165) is 37.6 Å². The van der Waals surface area contributed by atoms with Crippen molar-refractivity contribution >= 4 is 6.08 Å². The van der Waals surface area contributed by atoms with Crippen molar-refractivity contribution in [1.82, 2.24) is 5.32 Å². The Bertz CT molecular complexity index is 397. The average molecular weight is 261 g/mol. The fraction of sp³-hybridized carbons (Fsp3) is 0.500. The van der Waals surface area contributed by atoms with E-state index in [1.807, 2.05) is 31.2 Å². The van der Waals surface area contributed by atoms with Crippen LogP contribution in [-0.4, -0.2) is 32.9 Å². The second kappa shape index (κ2) is 7.97. The first kappa shape index (κ1) is 14.1. The van der Waals surface area contributed by atoms with Gasteiger partial charge in [0.2, 0.25) is 0 Å². The first-order valence-corrected chi connectivity index (χ1v) is 7.03. The summed E-state index contributed by atoms with van der Waals surface area (Å²) in [7, 11) is 0. The summed E-state index contributed by atoms with van der Waals surface area (Å²) in [5.74, 6) is 1.63. The van der Waals surface area contributed by atoms with E-state index in [-0.39, 0.29) is 0 Å². The molecule has 1 saturated heterocycles. The number of nitrogens with one attached hydrogen (secondary N) is 1. The van der Waals surface area contributed by atoms with E-state index in [1.54, 1.807) is 0 Å². The Labute approximate surface area is 115 Å². The summed E-state index contributed by atoms with van der Waals surface area (Å²) in [6, 6.07) is 8.12. The van der Waals surface area contributed by atoms with Gasteiger partial charge in [-0.3, -0.25) is 0 Å². The lowest BCUT2D eigenvalue weighted by Crippen LogP contribution is -2.27. The predicted octanol–water partition coefficient (Wildman–Crippen LogP) is 2.72. The Morgan fingerprint density at radius 1 is 1.42 bits per heavy atom. The number of rotatable bonds is 7. The maximum atomic E-state index is 5.81. The zero-order chi connectivity index (χ0) is 13.3. The van der Waals surface area contributed by atoms with Gasteiger partial charge in [0.1, 0.15) is 12.4 Å². The molecular formula is C16H23NO2. The molecule has 1 aromatic rings. The molecule has 3 heteroatoms. The van der Waals surface area contributed by atoms with E-state index < -0.39 is 0 Å². The summed E-state index contributed by atoms with van der Waals surface area (Å²) in [6.07, 6.45) is 5.27. The van der Waals surface area contributed by atoms with E-state index in [2.05, 4.69) is 17.5 Å². The monoisotopic (exact) mass is 261 g/mol. The maximum Gasteiger partial charge on any atom is 0.126 e. The summed E-state index contributed by atoms with van der Waals surface area (Å²) in [4.78, 5) is 0. The lowest BCUT2D eigenvalue weighted by atomic mass is 10.1. The van der Waals surface area contributed by atoms with E-state index in [4.69, 9.17) is 9.47 Å². The highest BCUT2D eigenvalue weighted by molar-refractivity contribution is 5.56. The normalized spacial score (nSPS) is 19.1. The third kappa shape index (κ3) is 4.69. The number of ether oxygens (including phenoxy) is 2. The quantitative estimate of drug-likeness (QED) is 0.766. The summed E-state index contributed by atoms with van der Waals surface area (Å²) in [5.41, 5.74) is 1.13. The fourth-order valence-electron chi connectivity index (χ4n) is 2.21. The van der Waals surface area contributed by atoms with Crippen molar-refractivity contribution in [1.29, 1.82) is 0 Å². The summed E-state index contributed by atoms with van der Waals surface area (Å²) >= 11 is 0. The van der Waals surface area contributed by atoms with Crippen LogP contribution in [0.5, 0.6) is 5.75 Å². The number of para-hydroxylation sites is 1. The van der Waals surface area contributed by atoms with Crippen molar-refractivity contribution in [2.75, 3.05) is 32.9 Å². The van der Waals surface area contributed by atoms with Crippen LogP contribution < -0.4 is 10.1 Å². The molecule has 0 aromatic heterocycles. The number of allylic oxidation sites excluding steroid dienone is 1. The molecular weight excluding hydrogens is 238 g/mol. The number of hydrogen-bond donors (Lipinski definition) is 1. The highest BCUT2D eigenvalue weighted by Crippen LogP contribution is 2.19. The highest BCUT2D eigenvalue weighted by atomic mass is 16.5. The van der Waals surface area contributed by atoms with Crippen molar-refractivity contribution < 1.29 is 9.47 Å². The third-order valence-electron chi connectivity index (χ3n) is 3.26. The summed E-state index contributed by atoms with van der Waals surface area (Å²) in [6.45, 7) is 6.43. The van der Waals surface area contributed by atoms with Crippen LogP contribution in [0.4, 0.5) is 0 Å². The lowest BCUT2D eigenvalue weighted by Gasteiger charge is -2.11. The van der Waals surface area contributed by atoms with Gasteiger partial charge in [0.25, 0.3) is 0 Å². The predicted molar refractivity (Wildman–Crippen MR) is 78.4 cm³/mol. The molecule has 1 aliphatic rings. The maximum absolute atomic E-state index is 5.81. The van der Waals surface area contributed by atoms with Crippen molar-refractivity contribution in [3.63, 3.8) is 0 Å². The Morgan fingerprint density at radius 2 is 2.32 bits per heavy atom. The van der Waals surface area contributed by atoms with Gasteiger partial charge in [-0.25, -0.2) is 0 Å². The average Bonchev–Trinajstić information content (AvgIpc) is 2.94. The van der Waals surface area contributed by atoms with Gasteiger partial charge in [0, 0.05) is 25.3 Å². The van der Waals surface area contributed by atoms with Gasteiger partial charge in [-0.15, -0.1) is 0 Å². The molecule has 0 saturated carbocycles. The molecule has 0 bridgehead atoms. The van der Waals surface area contributed by atoms with Gasteiger partial charge >= 0.3 is 0 Å². The molecule has 1 aromatic carbocycles. The van der Waals surface area contributed by atoms with Gasteiger partial charge in [0.15, 0.2) is 0 Å². The molecule has 0 radical (unpaired) electrons. The minimum Gasteiger partial charge on any atom is -0.492 e. The minimum absolute atomic E-state index is 0.676. The molecule has 1 heterocycles. The molecule has 0 spiro atoms. The molecule has 2 rings (SSSR count). The highest BCUT2D eigenvalue weighted by Gasteiger charge is 2.14. The van der Waals surface area contributed by atoms with Crippen molar-refractivity contribution in [3.05, 3.63) is 35.9 Å². The van der Waals surface area contributed by atoms with Crippen LogP contribution in [0.15, 0.2) is 30.3 Å². The van der Waals surface area contributed by atoms with Gasteiger partial charge in [-0.05, 0) is 25.3 Å². The van der Waals surface area contributed by atoms with Gasteiger partial charge in [-0.2, -0.15) is 0 Å². The van der Waals surface area contributed by atoms with Crippen LogP contribution in [0.2, 0.25) is 0 Å². The Balaban J connectivity index is 1.67. The smallest absolute Gasteiger partial charge is 0.126 e. The third-order valence-corrected chi connectivity index (χ3v) is 3.26. The SMILES string of the molecule is CC=Cc1ccccc1OCCNCC1CCOC1. The lowest BCUT2D eigenvalue weighted by molar-refractivity contribution is 0.185. The fourth-order valence-corrected chi connectivity index (χ4v) is 2.21. The summed E-state index contributed by atoms with van der Waals surface area (Å²) < 4.78 is 11.2. The molecule has 1 N–H and O–H groups in total. The second-order valence-electron chi connectivity index (χ2n) is 4.82. The first-order valence-electron chi connectivity index (χ1n) is 7.03.